The van der Waals surface area contributed by atoms with Gasteiger partial charge in [-0.15, -0.1) is 0 Å². The predicted octanol–water partition coefficient (Wildman–Crippen LogP) is 0.483. The summed E-state index contributed by atoms with van der Waals surface area (Å²) in [5.41, 5.74) is 1.04. The van der Waals surface area contributed by atoms with Crippen LogP contribution in [0.4, 0.5) is 0 Å². The van der Waals surface area contributed by atoms with Crippen LogP contribution in [0.5, 0.6) is 5.75 Å². The number of hydrogen-bond donors (Lipinski definition) is 3. The van der Waals surface area contributed by atoms with Crippen LogP contribution in [0.2, 0.25) is 0 Å². The third-order valence-electron chi connectivity index (χ3n) is 2.27. The second-order valence-electron chi connectivity index (χ2n) is 3.51. The van der Waals surface area contributed by atoms with Gasteiger partial charge in [-0.3, -0.25) is 9.89 Å². The number of aromatic amines is 1. The van der Waals surface area contributed by atoms with Gasteiger partial charge >= 0.3 is 0 Å². The van der Waals surface area contributed by atoms with Crippen LogP contribution in [-0.4, -0.2) is 32.7 Å². The second-order valence-corrected chi connectivity index (χ2v) is 3.51. The van der Waals surface area contributed by atoms with Gasteiger partial charge < -0.3 is 10.4 Å². The molecule has 0 aliphatic heterocycles. The van der Waals surface area contributed by atoms with Crippen LogP contribution in [0, 0.1) is 0 Å². The lowest BCUT2D eigenvalue weighted by molar-refractivity contribution is 0.0944. The Morgan fingerprint density at radius 2 is 2.12 bits per heavy atom. The summed E-state index contributed by atoms with van der Waals surface area (Å²) >= 11 is 0. The average molecular weight is 232 g/mol. The maximum absolute atomic E-state index is 11.5. The Labute approximate surface area is 97.7 Å². The van der Waals surface area contributed by atoms with Crippen LogP contribution < -0.4 is 5.32 Å². The lowest BCUT2D eigenvalue weighted by Crippen LogP contribution is -2.26. The molecule has 1 heterocycles. The standard InChI is InChI=1S/C11H12N4O2/c16-9-3-1-8(2-4-9)5-6-12-11(17)10-13-7-14-15-10/h1-4,7,16H,5-6H2,(H,12,17)(H,13,14,15). The van der Waals surface area contributed by atoms with Crippen LogP contribution in [0.3, 0.4) is 0 Å². The molecule has 0 aliphatic rings. The van der Waals surface area contributed by atoms with E-state index in [0.717, 1.165) is 5.56 Å². The Hall–Kier alpha value is -2.37. The average Bonchev–Trinajstić information content (AvgIpc) is 2.85. The summed E-state index contributed by atoms with van der Waals surface area (Å²) in [5, 5.41) is 17.9. The van der Waals surface area contributed by atoms with E-state index in [0.29, 0.717) is 13.0 Å². The molecule has 2 aromatic rings. The molecule has 1 amide bonds. The number of carbonyl (C=O) groups excluding carboxylic acids is 1. The normalized spacial score (nSPS) is 10.1. The molecule has 6 heteroatoms. The summed E-state index contributed by atoms with van der Waals surface area (Å²) in [6.45, 7) is 0.504. The largest absolute Gasteiger partial charge is 0.508 e. The first-order chi connectivity index (χ1) is 8.25. The highest BCUT2D eigenvalue weighted by Crippen LogP contribution is 2.09. The second kappa shape index (κ2) is 5.11. The van der Waals surface area contributed by atoms with Crippen LogP contribution in [0.1, 0.15) is 16.2 Å². The van der Waals surface area contributed by atoms with Gasteiger partial charge in [0.1, 0.15) is 12.1 Å². The fourth-order valence-corrected chi connectivity index (χ4v) is 1.38. The van der Waals surface area contributed by atoms with Gasteiger partial charge in [0, 0.05) is 6.54 Å². The van der Waals surface area contributed by atoms with Gasteiger partial charge in [-0.1, -0.05) is 12.1 Å². The Morgan fingerprint density at radius 1 is 1.35 bits per heavy atom. The van der Waals surface area contributed by atoms with E-state index < -0.39 is 0 Å². The number of amides is 1. The third-order valence-corrected chi connectivity index (χ3v) is 2.27. The molecule has 1 aromatic carbocycles. The zero-order valence-corrected chi connectivity index (χ0v) is 9.05. The van der Waals surface area contributed by atoms with Crippen molar-refractivity contribution in [3.8, 4) is 5.75 Å². The van der Waals surface area contributed by atoms with Crippen molar-refractivity contribution in [1.29, 1.82) is 0 Å². The van der Waals surface area contributed by atoms with Gasteiger partial charge in [-0.2, -0.15) is 5.10 Å². The Morgan fingerprint density at radius 3 is 2.76 bits per heavy atom. The molecule has 17 heavy (non-hydrogen) atoms. The fraction of sp³-hybridized carbons (Fsp3) is 0.182. The van der Waals surface area contributed by atoms with E-state index in [9.17, 15) is 4.79 Å². The number of rotatable bonds is 4. The van der Waals surface area contributed by atoms with E-state index >= 15 is 0 Å². The van der Waals surface area contributed by atoms with Gasteiger partial charge in [-0.05, 0) is 24.1 Å². The molecule has 0 spiro atoms. The number of hydrogen-bond acceptors (Lipinski definition) is 4. The molecule has 0 saturated carbocycles. The van der Waals surface area contributed by atoms with E-state index in [2.05, 4.69) is 20.5 Å². The molecule has 0 atom stereocenters. The minimum atomic E-state index is -0.277. The highest BCUT2D eigenvalue weighted by Gasteiger charge is 2.06. The molecule has 0 unspecified atom stereocenters. The molecule has 6 nitrogen and oxygen atoms in total. The number of H-pyrrole nitrogens is 1. The fourth-order valence-electron chi connectivity index (χ4n) is 1.38. The molecule has 0 saturated heterocycles. The van der Waals surface area contributed by atoms with Gasteiger partial charge in [-0.25, -0.2) is 4.98 Å². The quantitative estimate of drug-likeness (QED) is 0.715. The monoisotopic (exact) mass is 232 g/mol. The van der Waals surface area contributed by atoms with Gasteiger partial charge in [0.05, 0.1) is 0 Å². The highest BCUT2D eigenvalue weighted by molar-refractivity contribution is 5.90. The van der Waals surface area contributed by atoms with Crippen molar-refractivity contribution in [2.75, 3.05) is 6.54 Å². The van der Waals surface area contributed by atoms with Crippen molar-refractivity contribution in [3.63, 3.8) is 0 Å². The molecule has 0 aliphatic carbocycles. The lowest BCUT2D eigenvalue weighted by Gasteiger charge is -2.03. The summed E-state index contributed by atoms with van der Waals surface area (Å²) in [6, 6.07) is 6.87. The molecular formula is C11H12N4O2. The number of aromatic nitrogens is 3. The van der Waals surface area contributed by atoms with Gasteiger partial charge in [0.15, 0.2) is 0 Å². The third kappa shape index (κ3) is 3.04. The molecule has 3 N–H and O–H groups in total. The summed E-state index contributed by atoms with van der Waals surface area (Å²) in [5.74, 6) is 0.163. The van der Waals surface area contributed by atoms with Crippen molar-refractivity contribution in [3.05, 3.63) is 42.0 Å². The number of phenols is 1. The lowest BCUT2D eigenvalue weighted by atomic mass is 10.1. The van der Waals surface area contributed by atoms with Crippen molar-refractivity contribution in [1.82, 2.24) is 20.5 Å². The van der Waals surface area contributed by atoms with E-state index in [4.69, 9.17) is 5.11 Å². The predicted molar refractivity (Wildman–Crippen MR) is 60.5 cm³/mol. The molecular weight excluding hydrogens is 220 g/mol. The summed E-state index contributed by atoms with van der Waals surface area (Å²) < 4.78 is 0. The maximum Gasteiger partial charge on any atom is 0.288 e. The maximum atomic E-state index is 11.5. The van der Waals surface area contributed by atoms with Crippen molar-refractivity contribution < 1.29 is 9.90 Å². The highest BCUT2D eigenvalue weighted by atomic mass is 16.3. The zero-order chi connectivity index (χ0) is 12.1. The molecule has 2 rings (SSSR count). The van der Waals surface area contributed by atoms with Crippen molar-refractivity contribution >= 4 is 5.91 Å². The number of benzene rings is 1. The first-order valence-corrected chi connectivity index (χ1v) is 5.17. The van der Waals surface area contributed by atoms with Crippen LogP contribution >= 0.6 is 0 Å². The van der Waals surface area contributed by atoms with Gasteiger partial charge in [0.25, 0.3) is 5.91 Å². The van der Waals surface area contributed by atoms with Crippen LogP contribution in [0.25, 0.3) is 0 Å². The number of nitrogens with one attached hydrogen (secondary N) is 2. The summed E-state index contributed by atoms with van der Waals surface area (Å²) in [6.07, 6.45) is 1.98. The Kier molecular flexibility index (Phi) is 3.34. The zero-order valence-electron chi connectivity index (χ0n) is 9.05. The summed E-state index contributed by atoms with van der Waals surface area (Å²) in [4.78, 5) is 15.2. The SMILES string of the molecule is O=C(NCCc1ccc(O)cc1)c1ncn[nH]1. The summed E-state index contributed by atoms with van der Waals surface area (Å²) in [7, 11) is 0. The number of carbonyl (C=O) groups is 1. The van der Waals surface area contributed by atoms with Crippen molar-refractivity contribution in [2.45, 2.75) is 6.42 Å². The topological polar surface area (TPSA) is 90.9 Å². The van der Waals surface area contributed by atoms with E-state index in [1.54, 1.807) is 12.1 Å². The molecule has 0 bridgehead atoms. The Bertz CT molecular complexity index is 479. The smallest absolute Gasteiger partial charge is 0.288 e. The van der Waals surface area contributed by atoms with Crippen LogP contribution in [0.15, 0.2) is 30.6 Å². The van der Waals surface area contributed by atoms with E-state index in [1.165, 1.54) is 6.33 Å². The first-order valence-electron chi connectivity index (χ1n) is 5.17. The molecule has 0 fully saturated rings. The molecule has 0 radical (unpaired) electrons. The molecule has 88 valence electrons. The number of aromatic hydroxyl groups is 1. The van der Waals surface area contributed by atoms with Gasteiger partial charge in [0.2, 0.25) is 5.82 Å². The minimum Gasteiger partial charge on any atom is -0.508 e. The number of phenolic OH excluding ortho intramolecular Hbond substituents is 1. The first kappa shape index (κ1) is 11.1. The van der Waals surface area contributed by atoms with Crippen LogP contribution in [-0.2, 0) is 6.42 Å². The van der Waals surface area contributed by atoms with E-state index in [1.807, 2.05) is 12.1 Å². The number of nitrogens with zero attached hydrogens (tertiary/aromatic N) is 2. The van der Waals surface area contributed by atoms with Crippen molar-refractivity contribution in [2.24, 2.45) is 0 Å². The molecule has 1 aromatic heterocycles. The van der Waals surface area contributed by atoms with E-state index in [-0.39, 0.29) is 17.5 Å². The minimum absolute atomic E-state index is 0.204. The Balaban J connectivity index is 1.80.